The summed E-state index contributed by atoms with van der Waals surface area (Å²) in [4.78, 5) is 4.10. The standard InChI is InChI=1S/C12H9Br2F2N3/c13-6-1-4-9(18-5-6)12(19-17)10-8(15)3-2-7(14)11(10)16/h1-5,12,19H,17H2. The molecule has 3 nitrogen and oxygen atoms in total. The second-order valence-corrected chi connectivity index (χ2v) is 5.53. The van der Waals surface area contributed by atoms with Crippen LogP contribution in [0.25, 0.3) is 0 Å². The third-order valence-electron chi connectivity index (χ3n) is 2.58. The van der Waals surface area contributed by atoms with Gasteiger partial charge in [0.15, 0.2) is 0 Å². The van der Waals surface area contributed by atoms with E-state index in [-0.39, 0.29) is 10.0 Å². The average Bonchev–Trinajstić information content (AvgIpc) is 2.40. The topological polar surface area (TPSA) is 50.9 Å². The molecule has 3 N–H and O–H groups in total. The van der Waals surface area contributed by atoms with E-state index in [9.17, 15) is 8.78 Å². The van der Waals surface area contributed by atoms with Crippen molar-refractivity contribution in [2.24, 2.45) is 5.84 Å². The van der Waals surface area contributed by atoms with Crippen molar-refractivity contribution in [2.45, 2.75) is 6.04 Å². The Morgan fingerprint density at radius 2 is 1.89 bits per heavy atom. The summed E-state index contributed by atoms with van der Waals surface area (Å²) >= 11 is 6.27. The van der Waals surface area contributed by atoms with Crippen molar-refractivity contribution >= 4 is 31.9 Å². The number of halogens is 4. The predicted molar refractivity (Wildman–Crippen MR) is 75.2 cm³/mol. The summed E-state index contributed by atoms with van der Waals surface area (Å²) in [5.41, 5.74) is 2.63. The van der Waals surface area contributed by atoms with E-state index in [1.165, 1.54) is 18.3 Å². The molecule has 100 valence electrons. The van der Waals surface area contributed by atoms with Gasteiger partial charge in [0.1, 0.15) is 11.6 Å². The second-order valence-electron chi connectivity index (χ2n) is 3.76. The van der Waals surface area contributed by atoms with Crippen LogP contribution in [0.3, 0.4) is 0 Å². The van der Waals surface area contributed by atoms with Crippen LogP contribution in [-0.2, 0) is 0 Å². The fourth-order valence-corrected chi connectivity index (χ4v) is 2.26. The van der Waals surface area contributed by atoms with E-state index in [1.54, 1.807) is 12.1 Å². The van der Waals surface area contributed by atoms with Crippen molar-refractivity contribution < 1.29 is 8.78 Å². The van der Waals surface area contributed by atoms with Crippen LogP contribution in [0.5, 0.6) is 0 Å². The lowest BCUT2D eigenvalue weighted by atomic mass is 10.0. The number of hydrogen-bond donors (Lipinski definition) is 2. The minimum Gasteiger partial charge on any atom is -0.271 e. The van der Waals surface area contributed by atoms with Gasteiger partial charge in [-0.15, -0.1) is 0 Å². The van der Waals surface area contributed by atoms with Crippen LogP contribution in [0, 0.1) is 11.6 Å². The number of rotatable bonds is 3. The summed E-state index contributed by atoms with van der Waals surface area (Å²) in [5.74, 6) is 4.02. The molecule has 0 amide bonds. The molecule has 1 heterocycles. The van der Waals surface area contributed by atoms with E-state index in [4.69, 9.17) is 5.84 Å². The molecule has 0 aliphatic rings. The molecule has 0 aliphatic heterocycles. The highest BCUT2D eigenvalue weighted by Gasteiger charge is 2.23. The first kappa shape index (κ1) is 14.5. The van der Waals surface area contributed by atoms with Crippen LogP contribution in [-0.4, -0.2) is 4.98 Å². The third-order valence-corrected chi connectivity index (χ3v) is 3.66. The number of nitrogens with zero attached hydrogens (tertiary/aromatic N) is 1. The van der Waals surface area contributed by atoms with Gasteiger partial charge in [0.05, 0.1) is 16.2 Å². The Morgan fingerprint density at radius 1 is 1.16 bits per heavy atom. The van der Waals surface area contributed by atoms with Crippen molar-refractivity contribution in [2.75, 3.05) is 0 Å². The number of pyridine rings is 1. The molecule has 0 aliphatic carbocycles. The van der Waals surface area contributed by atoms with Gasteiger partial charge in [-0.2, -0.15) is 0 Å². The molecule has 0 saturated carbocycles. The molecule has 1 atom stereocenters. The van der Waals surface area contributed by atoms with Gasteiger partial charge in [0.2, 0.25) is 0 Å². The summed E-state index contributed by atoms with van der Waals surface area (Å²) in [6.07, 6.45) is 1.54. The van der Waals surface area contributed by atoms with Gasteiger partial charge in [-0.3, -0.25) is 10.8 Å². The second kappa shape index (κ2) is 6.04. The summed E-state index contributed by atoms with van der Waals surface area (Å²) in [6, 6.07) is 4.96. The quantitative estimate of drug-likeness (QED) is 0.478. The minimum absolute atomic E-state index is 0.168. The SMILES string of the molecule is NNC(c1ccc(Br)cn1)c1c(F)ccc(Br)c1F. The Labute approximate surface area is 125 Å². The van der Waals surface area contributed by atoms with Crippen molar-refractivity contribution in [3.8, 4) is 0 Å². The number of hydrogen-bond acceptors (Lipinski definition) is 3. The number of hydrazine groups is 1. The molecule has 0 fully saturated rings. The lowest BCUT2D eigenvalue weighted by Gasteiger charge is -2.18. The predicted octanol–water partition coefficient (Wildman–Crippen LogP) is 3.44. The minimum atomic E-state index is -0.870. The molecule has 1 aromatic heterocycles. The normalized spacial score (nSPS) is 12.5. The lowest BCUT2D eigenvalue weighted by molar-refractivity contribution is 0.502. The zero-order valence-corrected chi connectivity index (χ0v) is 12.7. The highest BCUT2D eigenvalue weighted by Crippen LogP contribution is 2.29. The first-order valence-electron chi connectivity index (χ1n) is 5.25. The van der Waals surface area contributed by atoms with Crippen LogP contribution in [0.15, 0.2) is 39.4 Å². The molecular weight excluding hydrogens is 384 g/mol. The van der Waals surface area contributed by atoms with Crippen molar-refractivity contribution in [3.63, 3.8) is 0 Å². The van der Waals surface area contributed by atoms with E-state index in [0.717, 1.165) is 4.47 Å². The highest BCUT2D eigenvalue weighted by molar-refractivity contribution is 9.10. The Hall–Kier alpha value is -0.890. The largest absolute Gasteiger partial charge is 0.271 e. The zero-order chi connectivity index (χ0) is 14.0. The maximum absolute atomic E-state index is 14.0. The van der Waals surface area contributed by atoms with Crippen LogP contribution in [0.4, 0.5) is 8.78 Å². The van der Waals surface area contributed by atoms with Crippen molar-refractivity contribution in [1.82, 2.24) is 10.4 Å². The summed E-state index contributed by atoms with van der Waals surface area (Å²) < 4.78 is 28.8. The Morgan fingerprint density at radius 3 is 2.47 bits per heavy atom. The summed E-state index contributed by atoms with van der Waals surface area (Å²) in [5, 5.41) is 0. The van der Waals surface area contributed by atoms with E-state index >= 15 is 0 Å². The molecule has 0 spiro atoms. The third kappa shape index (κ3) is 3.00. The average molecular weight is 393 g/mol. The molecule has 2 aromatic rings. The monoisotopic (exact) mass is 391 g/mol. The molecule has 19 heavy (non-hydrogen) atoms. The molecular formula is C12H9Br2F2N3. The van der Waals surface area contributed by atoms with Crippen molar-refractivity contribution in [3.05, 3.63) is 62.3 Å². The first-order valence-corrected chi connectivity index (χ1v) is 6.84. The Bertz CT molecular complexity index is 590. The van der Waals surface area contributed by atoms with Gasteiger partial charge < -0.3 is 0 Å². The Balaban J connectivity index is 2.54. The van der Waals surface area contributed by atoms with Crippen LogP contribution in [0.2, 0.25) is 0 Å². The fraction of sp³-hybridized carbons (Fsp3) is 0.0833. The molecule has 1 unspecified atom stereocenters. The number of nitrogens with two attached hydrogens (primary N) is 1. The maximum Gasteiger partial charge on any atom is 0.145 e. The smallest absolute Gasteiger partial charge is 0.145 e. The Kier molecular flexibility index (Phi) is 4.62. The number of aromatic nitrogens is 1. The van der Waals surface area contributed by atoms with Gasteiger partial charge in [-0.25, -0.2) is 14.2 Å². The molecule has 0 saturated heterocycles. The van der Waals surface area contributed by atoms with Gasteiger partial charge in [-0.05, 0) is 56.1 Å². The molecule has 1 aromatic carbocycles. The molecule has 0 bridgehead atoms. The van der Waals surface area contributed by atoms with Gasteiger partial charge in [-0.1, -0.05) is 0 Å². The van der Waals surface area contributed by atoms with Crippen LogP contribution in [0.1, 0.15) is 17.3 Å². The summed E-state index contributed by atoms with van der Waals surface area (Å²) in [7, 11) is 0. The van der Waals surface area contributed by atoms with Crippen molar-refractivity contribution in [1.29, 1.82) is 0 Å². The first-order chi connectivity index (χ1) is 9.04. The van der Waals surface area contributed by atoms with Crippen LogP contribution >= 0.6 is 31.9 Å². The maximum atomic E-state index is 14.0. The number of benzene rings is 1. The van der Waals surface area contributed by atoms with Gasteiger partial charge in [0, 0.05) is 16.2 Å². The van der Waals surface area contributed by atoms with E-state index < -0.39 is 17.7 Å². The van der Waals surface area contributed by atoms with Gasteiger partial charge in [0.25, 0.3) is 0 Å². The number of nitrogens with one attached hydrogen (secondary N) is 1. The van der Waals surface area contributed by atoms with Gasteiger partial charge >= 0.3 is 0 Å². The molecule has 2 rings (SSSR count). The molecule has 7 heteroatoms. The van der Waals surface area contributed by atoms with E-state index in [1.807, 2.05) is 0 Å². The lowest BCUT2D eigenvalue weighted by Crippen LogP contribution is -2.31. The van der Waals surface area contributed by atoms with E-state index in [0.29, 0.717) is 5.69 Å². The zero-order valence-electron chi connectivity index (χ0n) is 9.50. The summed E-state index contributed by atoms with van der Waals surface area (Å²) in [6.45, 7) is 0. The highest BCUT2D eigenvalue weighted by atomic mass is 79.9. The van der Waals surface area contributed by atoms with Crippen LogP contribution < -0.4 is 11.3 Å². The van der Waals surface area contributed by atoms with E-state index in [2.05, 4.69) is 42.3 Å². The molecule has 0 radical (unpaired) electrons. The fourth-order valence-electron chi connectivity index (χ4n) is 1.68.